The lowest BCUT2D eigenvalue weighted by molar-refractivity contribution is -0.142. The van der Waals surface area contributed by atoms with Crippen molar-refractivity contribution in [2.75, 3.05) is 26.2 Å². The van der Waals surface area contributed by atoms with Crippen LogP contribution >= 0.6 is 22.7 Å². The van der Waals surface area contributed by atoms with Gasteiger partial charge in [0.2, 0.25) is 5.91 Å². The Kier molecular flexibility index (Phi) is 8.12. The molecule has 0 bridgehead atoms. The molecule has 2 aliphatic rings. The van der Waals surface area contributed by atoms with Gasteiger partial charge in [-0.05, 0) is 53.8 Å². The molecule has 0 aliphatic carbocycles. The number of aromatic nitrogens is 3. The number of rotatable bonds is 6. The Balaban J connectivity index is 1.05. The summed E-state index contributed by atoms with van der Waals surface area (Å²) in [7, 11) is 1.83. The van der Waals surface area contributed by atoms with Gasteiger partial charge in [0.1, 0.15) is 22.7 Å². The quantitative estimate of drug-likeness (QED) is 0.278. The van der Waals surface area contributed by atoms with Gasteiger partial charge in [-0.25, -0.2) is 9.37 Å². The first-order chi connectivity index (χ1) is 22.2. The van der Waals surface area contributed by atoms with Gasteiger partial charge in [0.25, 0.3) is 11.5 Å². The van der Waals surface area contributed by atoms with Crippen LogP contribution in [0.5, 0.6) is 0 Å². The molecule has 1 aromatic carbocycles. The number of halogens is 1. The van der Waals surface area contributed by atoms with Crippen LogP contribution < -0.4 is 5.56 Å². The number of piperidine rings is 2. The van der Waals surface area contributed by atoms with Crippen LogP contribution in [0.4, 0.5) is 4.39 Å². The van der Waals surface area contributed by atoms with Crippen LogP contribution in [0.3, 0.4) is 0 Å². The minimum absolute atomic E-state index is 0.00501. The maximum Gasteiger partial charge on any atom is 0.266 e. The van der Waals surface area contributed by atoms with E-state index in [1.165, 1.54) is 28.3 Å². The molecule has 2 saturated heterocycles. The predicted octanol–water partition coefficient (Wildman–Crippen LogP) is 4.96. The largest absolute Gasteiger partial charge is 0.388 e. The number of amides is 2. The average Bonchev–Trinajstić information content (AvgIpc) is 3.83. The highest BCUT2D eigenvalue weighted by Crippen LogP contribution is 2.38. The lowest BCUT2D eigenvalue weighted by atomic mass is 9.79. The summed E-state index contributed by atoms with van der Waals surface area (Å²) in [6.45, 7) is 1.47. The number of hydrogen-bond acceptors (Lipinski definition) is 7. The van der Waals surface area contributed by atoms with E-state index >= 15 is 4.39 Å². The maximum atomic E-state index is 15.0. The van der Waals surface area contributed by atoms with Crippen molar-refractivity contribution in [1.82, 2.24) is 23.9 Å². The zero-order valence-corrected chi connectivity index (χ0v) is 27.0. The van der Waals surface area contributed by atoms with Crippen molar-refractivity contribution in [2.45, 2.75) is 37.3 Å². The van der Waals surface area contributed by atoms with Gasteiger partial charge in [-0.15, -0.1) is 11.3 Å². The molecule has 2 fully saturated rings. The van der Waals surface area contributed by atoms with Gasteiger partial charge < -0.3 is 19.5 Å². The molecule has 5 aromatic rings. The van der Waals surface area contributed by atoms with Crippen LogP contribution in [0.15, 0.2) is 76.6 Å². The smallest absolute Gasteiger partial charge is 0.266 e. The molecule has 1 N–H and O–H groups in total. The van der Waals surface area contributed by atoms with E-state index in [-0.39, 0.29) is 40.6 Å². The summed E-state index contributed by atoms with van der Waals surface area (Å²) < 4.78 is 18.3. The first-order valence-corrected chi connectivity index (χ1v) is 17.1. The minimum atomic E-state index is -1.15. The Morgan fingerprint density at radius 1 is 1.09 bits per heavy atom. The summed E-state index contributed by atoms with van der Waals surface area (Å²) in [5, 5.41) is 15.8. The second-order valence-electron chi connectivity index (χ2n) is 12.4. The fourth-order valence-electron chi connectivity index (χ4n) is 6.82. The summed E-state index contributed by atoms with van der Waals surface area (Å²) in [5.41, 5.74) is 1.11. The van der Waals surface area contributed by atoms with Crippen molar-refractivity contribution < 1.29 is 19.1 Å². The number of aliphatic hydroxyl groups is 1. The number of carbonyl (C=O) groups is 2. The molecule has 2 atom stereocenters. The Labute approximate surface area is 273 Å². The van der Waals surface area contributed by atoms with E-state index in [0.717, 1.165) is 27.3 Å². The predicted molar refractivity (Wildman–Crippen MR) is 177 cm³/mol. The second-order valence-corrected chi connectivity index (χ2v) is 14.2. The van der Waals surface area contributed by atoms with E-state index in [9.17, 15) is 19.5 Å². The van der Waals surface area contributed by atoms with E-state index < -0.39 is 11.4 Å². The SMILES string of the molecule is Cn1ccc2c(=O)n(CC3(O)CCN(C(=O)[C@@H]4CCN(C(=O)c5sc(-c6ccsc6)cc5F)C[C@H]4c4ccccc4)CC3)cnc21. The van der Waals surface area contributed by atoms with Crippen LogP contribution in [0, 0.1) is 11.7 Å². The van der Waals surface area contributed by atoms with Gasteiger partial charge in [0.15, 0.2) is 0 Å². The molecule has 238 valence electrons. The third-order valence-electron chi connectivity index (χ3n) is 9.45. The van der Waals surface area contributed by atoms with E-state index in [1.807, 2.05) is 54.2 Å². The molecule has 0 saturated carbocycles. The van der Waals surface area contributed by atoms with Crippen LogP contribution in [0.25, 0.3) is 21.5 Å². The van der Waals surface area contributed by atoms with Crippen LogP contribution in [0.1, 0.15) is 40.4 Å². The molecular weight excluding hydrogens is 626 g/mol. The normalized spacial score (nSPS) is 19.9. The molecule has 7 rings (SSSR count). The number of likely N-dealkylation sites (tertiary alicyclic amines) is 2. The third kappa shape index (κ3) is 5.69. The van der Waals surface area contributed by atoms with Crippen molar-refractivity contribution in [2.24, 2.45) is 13.0 Å². The number of aryl methyl sites for hydroxylation is 1. The first-order valence-electron chi connectivity index (χ1n) is 15.4. The van der Waals surface area contributed by atoms with Crippen molar-refractivity contribution in [1.29, 1.82) is 0 Å². The lowest BCUT2D eigenvalue weighted by Gasteiger charge is -2.43. The number of benzene rings is 1. The van der Waals surface area contributed by atoms with Crippen LogP contribution in [0.2, 0.25) is 0 Å². The van der Waals surface area contributed by atoms with Gasteiger partial charge in [-0.3, -0.25) is 19.0 Å². The van der Waals surface area contributed by atoms with Crippen LogP contribution in [-0.2, 0) is 18.4 Å². The average molecular weight is 660 g/mol. The highest BCUT2D eigenvalue weighted by atomic mass is 32.1. The first kappa shape index (κ1) is 30.5. The van der Waals surface area contributed by atoms with Crippen molar-refractivity contribution in [3.63, 3.8) is 0 Å². The van der Waals surface area contributed by atoms with E-state index in [0.29, 0.717) is 56.5 Å². The molecule has 0 unspecified atom stereocenters. The maximum absolute atomic E-state index is 15.0. The topological polar surface area (TPSA) is 101 Å². The molecule has 4 aromatic heterocycles. The summed E-state index contributed by atoms with van der Waals surface area (Å²) in [4.78, 5) is 49.4. The van der Waals surface area contributed by atoms with Crippen LogP contribution in [-0.4, -0.2) is 72.6 Å². The van der Waals surface area contributed by atoms with Gasteiger partial charge >= 0.3 is 0 Å². The lowest BCUT2D eigenvalue weighted by Crippen LogP contribution is -2.53. The van der Waals surface area contributed by atoms with Gasteiger partial charge in [-0.2, -0.15) is 11.3 Å². The molecule has 9 nitrogen and oxygen atoms in total. The number of fused-ring (bicyclic) bond motifs is 1. The Morgan fingerprint density at radius 3 is 2.61 bits per heavy atom. The highest BCUT2D eigenvalue weighted by molar-refractivity contribution is 7.17. The van der Waals surface area contributed by atoms with E-state index in [2.05, 4.69) is 4.98 Å². The zero-order chi connectivity index (χ0) is 32.0. The summed E-state index contributed by atoms with van der Waals surface area (Å²) >= 11 is 2.69. The Morgan fingerprint density at radius 2 is 1.87 bits per heavy atom. The summed E-state index contributed by atoms with van der Waals surface area (Å²) in [5.74, 6) is -1.49. The molecular formula is C34H34FN5O4S2. The van der Waals surface area contributed by atoms with Gasteiger partial charge in [0.05, 0.1) is 17.5 Å². The number of carbonyl (C=O) groups excluding carboxylic acids is 2. The fraction of sp³-hybridized carbons (Fsp3) is 0.353. The number of hydrogen-bond donors (Lipinski definition) is 1. The number of thiophene rings is 2. The zero-order valence-electron chi connectivity index (χ0n) is 25.3. The summed E-state index contributed by atoms with van der Waals surface area (Å²) in [6, 6.07) is 14.8. The standard InChI is InChI=1S/C34H34FN5O4S2/c1-37-12-7-25-30(37)36-21-40(32(25)42)20-34(44)10-14-38(15-11-34)31(41)24-8-13-39(18-26(24)22-5-3-2-4-6-22)33(43)29-27(35)17-28(46-29)23-9-16-45-19-23/h2-7,9,12,16-17,19,21,24,26,44H,8,10-11,13-15,18,20H2,1H3/t24-,26+/m1/s1. The Hall–Kier alpha value is -4.13. The van der Waals surface area contributed by atoms with Crippen molar-refractivity contribution in [3.8, 4) is 10.4 Å². The van der Waals surface area contributed by atoms with Gasteiger partial charge in [0, 0.05) is 61.7 Å². The molecule has 2 aliphatic heterocycles. The molecule has 12 heteroatoms. The molecule has 0 radical (unpaired) electrons. The van der Waals surface area contributed by atoms with E-state index in [4.69, 9.17) is 0 Å². The fourth-order valence-corrected chi connectivity index (χ4v) is 8.55. The van der Waals surface area contributed by atoms with Crippen molar-refractivity contribution in [3.05, 3.63) is 98.4 Å². The minimum Gasteiger partial charge on any atom is -0.388 e. The monoisotopic (exact) mass is 659 g/mol. The van der Waals surface area contributed by atoms with E-state index in [1.54, 1.807) is 26.6 Å². The second kappa shape index (κ2) is 12.2. The highest BCUT2D eigenvalue weighted by Gasteiger charge is 2.42. The van der Waals surface area contributed by atoms with Gasteiger partial charge in [-0.1, -0.05) is 30.3 Å². The van der Waals surface area contributed by atoms with Crippen molar-refractivity contribution >= 4 is 45.5 Å². The molecule has 2 amide bonds. The number of nitrogens with zero attached hydrogens (tertiary/aromatic N) is 5. The third-order valence-corrected chi connectivity index (χ3v) is 11.3. The summed E-state index contributed by atoms with van der Waals surface area (Å²) in [6.07, 6.45) is 4.37. The Bertz CT molecular complexity index is 1940. The molecule has 46 heavy (non-hydrogen) atoms. The molecule has 0 spiro atoms. The molecule has 6 heterocycles.